The zero-order valence-corrected chi connectivity index (χ0v) is 20.6. The molecule has 2 aromatic carbocycles. The van der Waals surface area contributed by atoms with E-state index in [1.54, 1.807) is 19.2 Å². The number of aliphatic hydroxyl groups excluding tert-OH is 1. The number of halogens is 5. The smallest absolute Gasteiger partial charge is 0.175 e. The van der Waals surface area contributed by atoms with Crippen molar-refractivity contribution in [1.29, 1.82) is 0 Å². The molecule has 5 nitrogen and oxygen atoms in total. The van der Waals surface area contributed by atoms with E-state index in [4.69, 9.17) is 37.8 Å². The van der Waals surface area contributed by atoms with Crippen LogP contribution < -0.4 is 20.1 Å². The summed E-state index contributed by atoms with van der Waals surface area (Å²) in [6.45, 7) is 3.34. The molecule has 164 valence electrons. The van der Waals surface area contributed by atoms with E-state index in [-0.39, 0.29) is 31.4 Å². The fourth-order valence-corrected chi connectivity index (χ4v) is 3.48. The van der Waals surface area contributed by atoms with E-state index >= 15 is 0 Å². The molecule has 0 saturated heterocycles. The molecule has 0 saturated carbocycles. The number of nitrogens with one attached hydrogen (secondary N) is 2. The van der Waals surface area contributed by atoms with E-state index < -0.39 is 0 Å². The highest BCUT2D eigenvalue weighted by Gasteiger charge is 2.13. The summed E-state index contributed by atoms with van der Waals surface area (Å²) < 4.78 is 12.2. The van der Waals surface area contributed by atoms with Crippen molar-refractivity contribution < 1.29 is 14.6 Å². The van der Waals surface area contributed by atoms with Gasteiger partial charge in [-0.1, -0.05) is 29.3 Å². The van der Waals surface area contributed by atoms with Crippen molar-refractivity contribution in [2.45, 2.75) is 13.2 Å². The first kappa shape index (κ1) is 28.6. The van der Waals surface area contributed by atoms with Crippen molar-refractivity contribution in [2.75, 3.05) is 33.4 Å². The number of benzene rings is 2. The maximum absolute atomic E-state index is 8.73. The fourth-order valence-electron chi connectivity index (χ4n) is 2.42. The van der Waals surface area contributed by atoms with E-state index in [1.807, 2.05) is 18.2 Å². The molecule has 0 fully saturated rings. The Morgan fingerprint density at radius 3 is 2.41 bits per heavy atom. The highest BCUT2D eigenvalue weighted by molar-refractivity contribution is 9.10. The molecule has 3 N–H and O–H groups in total. The van der Waals surface area contributed by atoms with Crippen LogP contribution in [-0.4, -0.2) is 38.5 Å². The highest BCUT2D eigenvalue weighted by Crippen LogP contribution is 2.37. The predicted octanol–water partition coefficient (Wildman–Crippen LogP) is 4.86. The zero-order chi connectivity index (χ0) is 19.6. The zero-order valence-electron chi connectivity index (χ0n) is 15.8. The minimum absolute atomic E-state index is 0. The van der Waals surface area contributed by atoms with Gasteiger partial charge in [-0.3, -0.25) is 0 Å². The highest BCUT2D eigenvalue weighted by atomic mass is 79.9. The summed E-state index contributed by atoms with van der Waals surface area (Å²) in [4.78, 5) is 0. The Balaban J connectivity index is 0.00000392. The Labute approximate surface area is 202 Å². The summed E-state index contributed by atoms with van der Waals surface area (Å²) in [7, 11) is 1.61. The van der Waals surface area contributed by atoms with Gasteiger partial charge in [0, 0.05) is 41.8 Å². The lowest BCUT2D eigenvalue weighted by Gasteiger charge is -2.15. The predicted molar refractivity (Wildman–Crippen MR) is 128 cm³/mol. The molecule has 0 aliphatic rings. The van der Waals surface area contributed by atoms with Gasteiger partial charge in [0.2, 0.25) is 0 Å². The van der Waals surface area contributed by atoms with E-state index in [1.165, 1.54) is 0 Å². The van der Waals surface area contributed by atoms with Crippen LogP contribution in [0.2, 0.25) is 10.0 Å². The second-order valence-electron chi connectivity index (χ2n) is 5.78. The Morgan fingerprint density at radius 1 is 1.03 bits per heavy atom. The number of methoxy groups -OCH3 is 1. The summed E-state index contributed by atoms with van der Waals surface area (Å²) in [5.41, 5.74) is 1.91. The van der Waals surface area contributed by atoms with Crippen LogP contribution in [0.3, 0.4) is 0 Å². The first-order valence-electron chi connectivity index (χ1n) is 8.50. The first-order chi connectivity index (χ1) is 13.0. The largest absolute Gasteiger partial charge is 0.493 e. The summed E-state index contributed by atoms with van der Waals surface area (Å²) in [6, 6.07) is 9.25. The molecule has 0 aliphatic heterocycles. The monoisotopic (exact) mass is 548 g/mol. The molecule has 2 rings (SSSR count). The van der Waals surface area contributed by atoms with Gasteiger partial charge in [0.15, 0.2) is 11.5 Å². The minimum atomic E-state index is 0. The lowest BCUT2D eigenvalue weighted by Crippen LogP contribution is -2.28. The van der Waals surface area contributed by atoms with Crippen molar-refractivity contribution in [3.05, 3.63) is 56.0 Å². The van der Waals surface area contributed by atoms with Crippen LogP contribution in [0.4, 0.5) is 0 Å². The van der Waals surface area contributed by atoms with Gasteiger partial charge in [0.05, 0.1) is 18.2 Å². The second-order valence-corrected chi connectivity index (χ2v) is 7.48. The van der Waals surface area contributed by atoms with Crippen LogP contribution in [0.15, 0.2) is 34.8 Å². The van der Waals surface area contributed by atoms with Crippen molar-refractivity contribution in [3.8, 4) is 11.5 Å². The second kappa shape index (κ2) is 15.4. The van der Waals surface area contributed by atoms with Gasteiger partial charge in [-0.15, -0.1) is 24.8 Å². The van der Waals surface area contributed by atoms with Gasteiger partial charge < -0.3 is 25.2 Å². The molecule has 2 aromatic rings. The van der Waals surface area contributed by atoms with Gasteiger partial charge in [0.1, 0.15) is 6.61 Å². The maximum atomic E-state index is 8.73. The Morgan fingerprint density at radius 2 is 1.76 bits per heavy atom. The number of aliphatic hydroxyl groups is 1. The van der Waals surface area contributed by atoms with Crippen molar-refractivity contribution >= 4 is 63.9 Å². The van der Waals surface area contributed by atoms with E-state index in [0.29, 0.717) is 41.2 Å². The molecular weight excluding hydrogens is 526 g/mol. The number of ether oxygens (including phenoxy) is 2. The van der Waals surface area contributed by atoms with Crippen LogP contribution >= 0.6 is 63.9 Å². The molecule has 0 radical (unpaired) electrons. The topological polar surface area (TPSA) is 62.8 Å². The van der Waals surface area contributed by atoms with Crippen molar-refractivity contribution in [3.63, 3.8) is 0 Å². The normalized spacial score (nSPS) is 10.1. The summed E-state index contributed by atoms with van der Waals surface area (Å²) >= 11 is 15.7. The van der Waals surface area contributed by atoms with Crippen LogP contribution in [0.1, 0.15) is 11.1 Å². The Bertz CT molecular complexity index is 754. The van der Waals surface area contributed by atoms with E-state index in [9.17, 15) is 0 Å². The Kier molecular flexibility index (Phi) is 15.1. The average Bonchev–Trinajstić information content (AvgIpc) is 2.64. The van der Waals surface area contributed by atoms with Gasteiger partial charge in [-0.25, -0.2) is 0 Å². The molecule has 0 amide bonds. The van der Waals surface area contributed by atoms with Gasteiger partial charge in [-0.2, -0.15) is 0 Å². The quantitative estimate of drug-likeness (QED) is 0.349. The third kappa shape index (κ3) is 9.49. The standard InChI is InChI=1S/C19H23BrCl2N2O3.2ClH/c1-26-18-9-13(11-24-5-4-23-6-7-25)8-16(20)19(18)27-12-14-2-3-15(21)10-17(14)22;;/h2-3,8-10,23-25H,4-7,11-12H2,1H3;2*1H. The molecular formula is C19H25BrCl4N2O3. The lowest BCUT2D eigenvalue weighted by molar-refractivity contribution is 0.282. The number of hydrogen-bond donors (Lipinski definition) is 3. The summed E-state index contributed by atoms with van der Waals surface area (Å²) in [5.74, 6) is 1.27. The molecule has 0 heterocycles. The molecule has 0 bridgehead atoms. The van der Waals surface area contributed by atoms with Crippen LogP contribution in [0.5, 0.6) is 11.5 Å². The first-order valence-corrected chi connectivity index (χ1v) is 10.1. The lowest BCUT2D eigenvalue weighted by atomic mass is 10.2. The van der Waals surface area contributed by atoms with Crippen molar-refractivity contribution in [2.24, 2.45) is 0 Å². The molecule has 0 aromatic heterocycles. The summed E-state index contributed by atoms with van der Waals surface area (Å²) in [5, 5.41) is 16.3. The fraction of sp³-hybridized carbons (Fsp3) is 0.368. The van der Waals surface area contributed by atoms with Crippen LogP contribution in [0.25, 0.3) is 0 Å². The maximum Gasteiger partial charge on any atom is 0.175 e. The third-order valence-corrected chi connectivity index (χ3v) is 4.95. The summed E-state index contributed by atoms with van der Waals surface area (Å²) in [6.07, 6.45) is 0. The van der Waals surface area contributed by atoms with Crippen molar-refractivity contribution in [1.82, 2.24) is 10.6 Å². The van der Waals surface area contributed by atoms with E-state index in [0.717, 1.165) is 28.7 Å². The van der Waals surface area contributed by atoms with Crippen LogP contribution in [-0.2, 0) is 13.2 Å². The minimum Gasteiger partial charge on any atom is -0.493 e. The Hall–Kier alpha value is -0.440. The number of hydrogen-bond acceptors (Lipinski definition) is 5. The third-order valence-electron chi connectivity index (χ3n) is 3.77. The molecule has 0 aliphatic carbocycles. The van der Waals surface area contributed by atoms with Gasteiger partial charge in [0.25, 0.3) is 0 Å². The van der Waals surface area contributed by atoms with Gasteiger partial charge in [-0.05, 0) is 45.8 Å². The van der Waals surface area contributed by atoms with Gasteiger partial charge >= 0.3 is 0 Å². The molecule has 0 spiro atoms. The average molecular weight is 551 g/mol. The molecule has 0 unspecified atom stereocenters. The number of rotatable bonds is 11. The van der Waals surface area contributed by atoms with Crippen LogP contribution in [0, 0.1) is 0 Å². The molecule has 10 heteroatoms. The SMILES string of the molecule is COc1cc(CNCCNCCO)cc(Br)c1OCc1ccc(Cl)cc1Cl.Cl.Cl. The van der Waals surface area contributed by atoms with E-state index in [2.05, 4.69) is 26.6 Å². The molecule has 29 heavy (non-hydrogen) atoms. The molecule has 0 atom stereocenters.